The van der Waals surface area contributed by atoms with Crippen molar-refractivity contribution in [1.82, 2.24) is 10.3 Å². The summed E-state index contributed by atoms with van der Waals surface area (Å²) in [5.41, 5.74) is 10.4. The van der Waals surface area contributed by atoms with Crippen molar-refractivity contribution in [3.63, 3.8) is 0 Å². The third kappa shape index (κ3) is 7.22. The van der Waals surface area contributed by atoms with Gasteiger partial charge in [0.15, 0.2) is 0 Å². The number of nitrogens with zero attached hydrogens (tertiary/aromatic N) is 1. The minimum Gasteiger partial charge on any atom is -0.493 e. The number of nitrogens with one attached hydrogen (secondary N) is 1. The van der Waals surface area contributed by atoms with E-state index < -0.39 is 17.8 Å². The lowest BCUT2D eigenvalue weighted by Crippen LogP contribution is -2.28. The molecule has 11 heteroatoms. The summed E-state index contributed by atoms with van der Waals surface area (Å²) in [7, 11) is 0. The highest BCUT2D eigenvalue weighted by molar-refractivity contribution is 7.15. The Morgan fingerprint density at radius 1 is 1.32 bits per heavy atom. The number of benzene rings is 1. The number of thiazole rings is 1. The molecule has 1 aliphatic heterocycles. The average molecular weight is 497 g/mol. The van der Waals surface area contributed by atoms with Crippen molar-refractivity contribution in [2.45, 2.75) is 25.9 Å². The van der Waals surface area contributed by atoms with Crippen LogP contribution >= 0.6 is 11.3 Å². The van der Waals surface area contributed by atoms with E-state index in [-0.39, 0.29) is 18.2 Å². The Balaban J connectivity index is 1.75. The Labute approximate surface area is 199 Å². The maximum Gasteiger partial charge on any atom is 0.430 e. The molecule has 1 aromatic heterocycles. The molecule has 1 saturated heterocycles. The van der Waals surface area contributed by atoms with Crippen molar-refractivity contribution in [3.05, 3.63) is 58.4 Å². The van der Waals surface area contributed by atoms with Crippen molar-refractivity contribution in [2.24, 2.45) is 17.4 Å². The second-order valence-corrected chi connectivity index (χ2v) is 8.93. The van der Waals surface area contributed by atoms with E-state index in [4.69, 9.17) is 20.9 Å². The van der Waals surface area contributed by atoms with Gasteiger partial charge >= 0.3 is 6.18 Å². The molecule has 2 aromatic rings. The minimum atomic E-state index is -4.64. The average Bonchev–Trinajstić information content (AvgIpc) is 3.50. The molecule has 2 heterocycles. The van der Waals surface area contributed by atoms with Crippen LogP contribution in [-0.4, -0.2) is 43.4 Å². The second kappa shape index (κ2) is 11.4. The van der Waals surface area contributed by atoms with E-state index in [1.807, 2.05) is 13.0 Å². The monoisotopic (exact) mass is 496 g/mol. The van der Waals surface area contributed by atoms with E-state index in [0.717, 1.165) is 34.4 Å². The number of aryl methyl sites for hydroxylation is 1. The first-order valence-electron chi connectivity index (χ1n) is 10.7. The van der Waals surface area contributed by atoms with Crippen LogP contribution in [0.5, 0.6) is 5.75 Å². The number of aromatic nitrogens is 1. The molecule has 3 rings (SSSR count). The number of amides is 1. The third-order valence-corrected chi connectivity index (χ3v) is 6.28. The number of alkyl halides is 3. The van der Waals surface area contributed by atoms with E-state index in [0.29, 0.717) is 37.2 Å². The molecule has 0 spiro atoms. The summed E-state index contributed by atoms with van der Waals surface area (Å²) in [6, 6.07) is 5.15. The molecule has 34 heavy (non-hydrogen) atoms. The molecule has 1 unspecified atom stereocenters. The molecule has 0 bridgehead atoms. The standard InChI is InChI=1S/C23H27F3N4O3S/c1-2-19-11-30-22(34-19)16-7-15(8-18(9-16)33-13-14-5-6-32-12-14)21(31)29-10-17(27)3-4-20(28)23(24,25)26/h3-4,7-9,11,14H,2,5-6,10,12-13,27-28H2,1H3,(H,29,31)/b17-3-,20-4-. The van der Waals surface area contributed by atoms with Crippen molar-refractivity contribution in [2.75, 3.05) is 26.4 Å². The molecule has 1 aliphatic rings. The van der Waals surface area contributed by atoms with E-state index >= 15 is 0 Å². The predicted molar refractivity (Wildman–Crippen MR) is 124 cm³/mol. The zero-order valence-electron chi connectivity index (χ0n) is 18.7. The topological polar surface area (TPSA) is 112 Å². The number of hydrogen-bond acceptors (Lipinski definition) is 7. The fourth-order valence-electron chi connectivity index (χ4n) is 3.10. The van der Waals surface area contributed by atoms with Crippen LogP contribution in [0.2, 0.25) is 0 Å². The maximum atomic E-state index is 12.8. The zero-order chi connectivity index (χ0) is 24.7. The second-order valence-electron chi connectivity index (χ2n) is 7.82. The number of rotatable bonds is 9. The third-order valence-electron chi connectivity index (χ3n) is 5.08. The van der Waals surface area contributed by atoms with Gasteiger partial charge in [0, 0.05) is 40.4 Å². The van der Waals surface area contributed by atoms with Crippen LogP contribution in [0, 0.1) is 5.92 Å². The normalized spacial score (nSPS) is 17.1. The number of ether oxygens (including phenoxy) is 2. The quantitative estimate of drug-likeness (QED) is 0.456. The molecule has 5 N–H and O–H groups in total. The summed E-state index contributed by atoms with van der Waals surface area (Å²) in [4.78, 5) is 18.4. The molecular weight excluding hydrogens is 469 g/mol. The highest BCUT2D eigenvalue weighted by Crippen LogP contribution is 2.30. The molecule has 1 atom stereocenters. The number of hydrogen-bond donors (Lipinski definition) is 3. The first kappa shape index (κ1) is 25.6. The molecule has 7 nitrogen and oxygen atoms in total. The summed E-state index contributed by atoms with van der Waals surface area (Å²) < 4.78 is 48.8. The summed E-state index contributed by atoms with van der Waals surface area (Å²) in [5, 5.41) is 3.36. The highest BCUT2D eigenvalue weighted by Gasteiger charge is 2.30. The van der Waals surface area contributed by atoms with Gasteiger partial charge in [-0.2, -0.15) is 13.2 Å². The Bertz CT molecular complexity index is 1060. The molecule has 184 valence electrons. The van der Waals surface area contributed by atoms with Gasteiger partial charge in [0.05, 0.1) is 19.8 Å². The minimum absolute atomic E-state index is 0.0157. The zero-order valence-corrected chi connectivity index (χ0v) is 19.5. The SMILES string of the molecule is CCc1cnc(-c2cc(OCC3CCOC3)cc(C(=O)NC/C(N)=C/C=C(\N)C(F)(F)F)c2)s1. The first-order valence-corrected chi connectivity index (χ1v) is 11.5. The predicted octanol–water partition coefficient (Wildman–Crippen LogP) is 3.77. The van der Waals surface area contributed by atoms with Crippen LogP contribution < -0.4 is 21.5 Å². The van der Waals surface area contributed by atoms with E-state index in [9.17, 15) is 18.0 Å². The van der Waals surface area contributed by atoms with E-state index in [1.54, 1.807) is 18.3 Å². The lowest BCUT2D eigenvalue weighted by atomic mass is 10.1. The van der Waals surface area contributed by atoms with Gasteiger partial charge in [-0.25, -0.2) is 4.98 Å². The van der Waals surface area contributed by atoms with E-state index in [1.165, 1.54) is 11.3 Å². The number of allylic oxidation sites excluding steroid dienone is 3. The molecular formula is C23H27F3N4O3S. The van der Waals surface area contributed by atoms with Crippen LogP contribution in [0.15, 0.2) is 47.9 Å². The summed E-state index contributed by atoms with van der Waals surface area (Å²) >= 11 is 1.53. The van der Waals surface area contributed by atoms with Gasteiger partial charge in [-0.3, -0.25) is 4.79 Å². The molecule has 1 aromatic carbocycles. The van der Waals surface area contributed by atoms with Gasteiger partial charge in [0.2, 0.25) is 0 Å². The van der Waals surface area contributed by atoms with Crippen molar-refractivity contribution in [1.29, 1.82) is 0 Å². The lowest BCUT2D eigenvalue weighted by Gasteiger charge is -2.13. The van der Waals surface area contributed by atoms with Crippen LogP contribution in [0.4, 0.5) is 13.2 Å². The highest BCUT2D eigenvalue weighted by atomic mass is 32.1. The number of carbonyl (C=O) groups is 1. The van der Waals surface area contributed by atoms with Gasteiger partial charge in [-0.15, -0.1) is 11.3 Å². The maximum absolute atomic E-state index is 12.8. The molecule has 1 amide bonds. The summed E-state index contributed by atoms with van der Waals surface area (Å²) in [5.74, 6) is 0.356. The Kier molecular flexibility index (Phi) is 8.56. The Morgan fingerprint density at radius 3 is 2.76 bits per heavy atom. The van der Waals surface area contributed by atoms with Crippen LogP contribution in [0.1, 0.15) is 28.6 Å². The van der Waals surface area contributed by atoms with Crippen molar-refractivity contribution < 1.29 is 27.4 Å². The fraction of sp³-hybridized carbons (Fsp3) is 0.391. The molecule has 0 aliphatic carbocycles. The van der Waals surface area contributed by atoms with Crippen LogP contribution in [-0.2, 0) is 11.2 Å². The lowest BCUT2D eigenvalue weighted by molar-refractivity contribution is -0.0926. The van der Waals surface area contributed by atoms with Crippen molar-refractivity contribution in [3.8, 4) is 16.3 Å². The van der Waals surface area contributed by atoms with Gasteiger partial charge in [0.25, 0.3) is 5.91 Å². The molecule has 0 saturated carbocycles. The Morgan fingerprint density at radius 2 is 2.12 bits per heavy atom. The van der Waals surface area contributed by atoms with Gasteiger partial charge in [-0.1, -0.05) is 6.92 Å². The number of nitrogens with two attached hydrogens (primary N) is 2. The Hall–Kier alpha value is -3.05. The van der Waals surface area contributed by atoms with Crippen molar-refractivity contribution >= 4 is 17.2 Å². The molecule has 1 fully saturated rings. The van der Waals surface area contributed by atoms with Crippen LogP contribution in [0.3, 0.4) is 0 Å². The molecule has 0 radical (unpaired) electrons. The summed E-state index contributed by atoms with van der Waals surface area (Å²) in [6.45, 7) is 3.69. The first-order chi connectivity index (χ1) is 16.2. The fourth-order valence-corrected chi connectivity index (χ4v) is 3.94. The number of carbonyl (C=O) groups excluding carboxylic acids is 1. The van der Waals surface area contributed by atoms with Gasteiger partial charge in [-0.05, 0) is 43.2 Å². The van der Waals surface area contributed by atoms with Gasteiger partial charge < -0.3 is 26.3 Å². The smallest absolute Gasteiger partial charge is 0.430 e. The number of halogens is 3. The van der Waals surface area contributed by atoms with Crippen LogP contribution in [0.25, 0.3) is 10.6 Å². The largest absolute Gasteiger partial charge is 0.493 e. The summed E-state index contributed by atoms with van der Waals surface area (Å²) in [6.07, 6.45) is 0.595. The van der Waals surface area contributed by atoms with Gasteiger partial charge in [0.1, 0.15) is 16.5 Å². The van der Waals surface area contributed by atoms with E-state index in [2.05, 4.69) is 10.3 Å².